The predicted octanol–water partition coefficient (Wildman–Crippen LogP) is 4.32. The molecule has 0 unspecified atom stereocenters. The molecule has 1 fully saturated rings. The first kappa shape index (κ1) is 20.5. The van der Waals surface area contributed by atoms with Crippen LogP contribution in [-0.2, 0) is 6.54 Å². The zero-order chi connectivity index (χ0) is 21.8. The number of ether oxygens (including phenoxy) is 1. The minimum atomic E-state index is 0.609. The fraction of sp³-hybridized carbons (Fsp3) is 0.308. The summed E-state index contributed by atoms with van der Waals surface area (Å²) in [4.78, 5) is 14.1. The summed E-state index contributed by atoms with van der Waals surface area (Å²) in [7, 11) is 0. The van der Waals surface area contributed by atoms with Gasteiger partial charge in [-0.25, -0.2) is 9.97 Å². The second-order valence-electron chi connectivity index (χ2n) is 8.15. The zero-order valence-electron chi connectivity index (χ0n) is 18.5. The normalized spacial score (nSPS) is 14.7. The van der Waals surface area contributed by atoms with E-state index in [1.165, 1.54) is 10.8 Å². The Morgan fingerprint density at radius 2 is 1.78 bits per heavy atom. The summed E-state index contributed by atoms with van der Waals surface area (Å²) >= 11 is 0. The number of hydrogen-bond donors (Lipinski definition) is 0. The fourth-order valence-corrected chi connectivity index (χ4v) is 4.26. The van der Waals surface area contributed by atoms with Crippen molar-refractivity contribution in [1.82, 2.24) is 19.4 Å². The van der Waals surface area contributed by atoms with E-state index < -0.39 is 0 Å². The largest absolute Gasteiger partial charge is 0.492 e. The molecule has 0 spiro atoms. The van der Waals surface area contributed by atoms with Gasteiger partial charge in [-0.3, -0.25) is 0 Å². The molecule has 0 saturated carbocycles. The molecular weight excluding hydrogens is 398 g/mol. The molecule has 2 aromatic carbocycles. The van der Waals surface area contributed by atoms with Gasteiger partial charge in [0.25, 0.3) is 0 Å². The monoisotopic (exact) mass is 427 g/mol. The molecule has 6 nitrogen and oxygen atoms in total. The number of rotatable bonds is 7. The summed E-state index contributed by atoms with van der Waals surface area (Å²) in [5.41, 5.74) is 2.10. The number of fused-ring (bicyclic) bond motifs is 1. The molecule has 2 aromatic heterocycles. The van der Waals surface area contributed by atoms with Crippen molar-refractivity contribution < 1.29 is 4.74 Å². The van der Waals surface area contributed by atoms with Gasteiger partial charge in [0.2, 0.25) is 0 Å². The van der Waals surface area contributed by atoms with Crippen molar-refractivity contribution in [2.75, 3.05) is 44.2 Å². The maximum absolute atomic E-state index is 5.90. The highest BCUT2D eigenvalue weighted by Crippen LogP contribution is 2.31. The van der Waals surface area contributed by atoms with Crippen molar-refractivity contribution in [2.45, 2.75) is 13.5 Å². The number of imidazole rings is 1. The molecule has 0 radical (unpaired) electrons. The number of hydrogen-bond acceptors (Lipinski definition) is 5. The first-order valence-corrected chi connectivity index (χ1v) is 11.4. The Morgan fingerprint density at radius 1 is 0.969 bits per heavy atom. The summed E-state index contributed by atoms with van der Waals surface area (Å²) < 4.78 is 7.91. The van der Waals surface area contributed by atoms with E-state index >= 15 is 0 Å². The van der Waals surface area contributed by atoms with Crippen LogP contribution in [0.15, 0.2) is 73.3 Å². The van der Waals surface area contributed by atoms with Crippen LogP contribution in [0, 0.1) is 0 Å². The minimum Gasteiger partial charge on any atom is -0.492 e. The van der Waals surface area contributed by atoms with Gasteiger partial charge in [0, 0.05) is 49.5 Å². The summed E-state index contributed by atoms with van der Waals surface area (Å²) in [6.07, 6.45) is 5.53. The van der Waals surface area contributed by atoms with Crippen LogP contribution < -0.4 is 9.64 Å². The van der Waals surface area contributed by atoms with Crippen LogP contribution in [0.5, 0.6) is 5.75 Å². The lowest BCUT2D eigenvalue weighted by Crippen LogP contribution is -2.46. The van der Waals surface area contributed by atoms with Gasteiger partial charge in [-0.1, -0.05) is 31.2 Å². The number of piperazine rings is 1. The predicted molar refractivity (Wildman–Crippen MR) is 129 cm³/mol. The van der Waals surface area contributed by atoms with Crippen molar-refractivity contribution in [3.05, 3.63) is 73.3 Å². The van der Waals surface area contributed by atoms with Crippen molar-refractivity contribution in [3.8, 4) is 17.0 Å². The third-order valence-electron chi connectivity index (χ3n) is 6.17. The highest BCUT2D eigenvalue weighted by Gasteiger charge is 2.19. The van der Waals surface area contributed by atoms with Crippen LogP contribution >= 0.6 is 0 Å². The molecule has 164 valence electrons. The molecule has 32 heavy (non-hydrogen) atoms. The van der Waals surface area contributed by atoms with Crippen LogP contribution in [0.3, 0.4) is 0 Å². The van der Waals surface area contributed by atoms with Crippen LogP contribution in [0.4, 0.5) is 5.82 Å². The fourth-order valence-electron chi connectivity index (χ4n) is 4.26. The third kappa shape index (κ3) is 4.46. The Balaban J connectivity index is 1.36. The van der Waals surface area contributed by atoms with Gasteiger partial charge in [0.05, 0.1) is 18.6 Å². The molecule has 0 bridgehead atoms. The van der Waals surface area contributed by atoms with Crippen LogP contribution in [-0.4, -0.2) is 58.8 Å². The van der Waals surface area contributed by atoms with Gasteiger partial charge < -0.3 is 19.1 Å². The average Bonchev–Trinajstić information content (AvgIpc) is 3.37. The maximum Gasteiger partial charge on any atom is 0.137 e. The Labute approximate surface area is 189 Å². The van der Waals surface area contributed by atoms with E-state index in [2.05, 4.69) is 64.2 Å². The SMILES string of the molecule is CCN1CCN(c2nc(-c3ccc(OCCn4ccnc4)cc3)cc3ccccc23)CC1. The first-order chi connectivity index (χ1) is 15.8. The molecule has 0 aliphatic carbocycles. The Bertz CT molecular complexity index is 1150. The van der Waals surface area contributed by atoms with Crippen molar-refractivity contribution >= 4 is 16.6 Å². The van der Waals surface area contributed by atoms with Crippen LogP contribution in [0.2, 0.25) is 0 Å². The molecule has 0 amide bonds. The topological polar surface area (TPSA) is 46.4 Å². The highest BCUT2D eigenvalue weighted by molar-refractivity contribution is 5.95. The Kier molecular flexibility index (Phi) is 6.03. The number of anilines is 1. The smallest absolute Gasteiger partial charge is 0.137 e. The van der Waals surface area contributed by atoms with Crippen molar-refractivity contribution in [1.29, 1.82) is 0 Å². The molecule has 1 aliphatic heterocycles. The van der Waals surface area contributed by atoms with Gasteiger partial charge in [0.1, 0.15) is 18.2 Å². The number of likely N-dealkylation sites (N-methyl/N-ethyl adjacent to an activating group) is 1. The Hall–Kier alpha value is -3.38. The van der Waals surface area contributed by atoms with E-state index in [0.29, 0.717) is 6.61 Å². The summed E-state index contributed by atoms with van der Waals surface area (Å²) in [6, 6.07) is 19.0. The van der Waals surface area contributed by atoms with E-state index in [-0.39, 0.29) is 0 Å². The average molecular weight is 428 g/mol. The van der Waals surface area contributed by atoms with E-state index in [1.807, 2.05) is 22.9 Å². The molecular formula is C26H29N5O. The zero-order valence-corrected chi connectivity index (χ0v) is 18.5. The molecule has 6 heteroatoms. The lowest BCUT2D eigenvalue weighted by Gasteiger charge is -2.35. The molecule has 1 aliphatic rings. The van der Waals surface area contributed by atoms with E-state index in [9.17, 15) is 0 Å². The first-order valence-electron chi connectivity index (χ1n) is 11.4. The van der Waals surface area contributed by atoms with Gasteiger partial charge >= 0.3 is 0 Å². The number of pyridine rings is 1. The van der Waals surface area contributed by atoms with Gasteiger partial charge in [-0.15, -0.1) is 0 Å². The van der Waals surface area contributed by atoms with Gasteiger partial charge in [0.15, 0.2) is 0 Å². The molecule has 0 N–H and O–H groups in total. The third-order valence-corrected chi connectivity index (χ3v) is 6.17. The molecule has 3 heterocycles. The summed E-state index contributed by atoms with van der Waals surface area (Å²) in [5.74, 6) is 1.96. The summed E-state index contributed by atoms with van der Waals surface area (Å²) in [6.45, 7) is 8.92. The van der Waals surface area contributed by atoms with Gasteiger partial charge in [-0.05, 0) is 42.3 Å². The van der Waals surface area contributed by atoms with E-state index in [0.717, 1.165) is 62.1 Å². The van der Waals surface area contributed by atoms with E-state index in [4.69, 9.17) is 9.72 Å². The standard InChI is InChI=1S/C26H29N5O/c1-2-29-13-15-31(16-14-29)26-24-6-4-3-5-22(24)19-25(28-26)21-7-9-23(10-8-21)32-18-17-30-12-11-27-20-30/h3-12,19-20H,2,13-18H2,1H3. The van der Waals surface area contributed by atoms with Crippen molar-refractivity contribution in [3.63, 3.8) is 0 Å². The van der Waals surface area contributed by atoms with Crippen LogP contribution in [0.25, 0.3) is 22.0 Å². The molecule has 1 saturated heterocycles. The second-order valence-corrected chi connectivity index (χ2v) is 8.15. The minimum absolute atomic E-state index is 0.609. The lowest BCUT2D eigenvalue weighted by atomic mass is 10.1. The van der Waals surface area contributed by atoms with Crippen LogP contribution in [0.1, 0.15) is 6.92 Å². The second kappa shape index (κ2) is 9.40. The summed E-state index contributed by atoms with van der Waals surface area (Å²) in [5, 5.41) is 2.45. The highest BCUT2D eigenvalue weighted by atomic mass is 16.5. The number of nitrogens with zero attached hydrogens (tertiary/aromatic N) is 5. The quantitative estimate of drug-likeness (QED) is 0.440. The molecule has 4 aromatic rings. The van der Waals surface area contributed by atoms with Crippen molar-refractivity contribution in [2.24, 2.45) is 0 Å². The lowest BCUT2D eigenvalue weighted by molar-refractivity contribution is 0.271. The van der Waals surface area contributed by atoms with E-state index in [1.54, 1.807) is 12.5 Å². The number of aromatic nitrogens is 3. The molecule has 0 atom stereocenters. The Morgan fingerprint density at radius 3 is 2.53 bits per heavy atom. The van der Waals surface area contributed by atoms with Gasteiger partial charge in [-0.2, -0.15) is 0 Å². The maximum atomic E-state index is 5.90. The molecule has 5 rings (SSSR count). The number of benzene rings is 2.